The van der Waals surface area contributed by atoms with E-state index in [1.165, 1.54) is 30.6 Å². The van der Waals surface area contributed by atoms with Crippen molar-refractivity contribution in [2.75, 3.05) is 58.9 Å². The Hall–Kier alpha value is -1.44. The fourth-order valence-electron chi connectivity index (χ4n) is 4.22. The lowest BCUT2D eigenvalue weighted by Gasteiger charge is -2.43. The van der Waals surface area contributed by atoms with Crippen LogP contribution in [-0.4, -0.2) is 96.4 Å². The molecule has 2 amide bonds. The second-order valence-electron chi connectivity index (χ2n) is 8.00. The van der Waals surface area contributed by atoms with Gasteiger partial charge in [0.15, 0.2) is 0 Å². The van der Waals surface area contributed by atoms with Crippen LogP contribution >= 0.6 is 11.3 Å². The zero-order chi connectivity index (χ0) is 18.8. The number of piperazine rings is 2. The molecule has 2 aliphatic heterocycles. The van der Waals surface area contributed by atoms with Gasteiger partial charge >= 0.3 is 0 Å². The van der Waals surface area contributed by atoms with E-state index in [0.717, 1.165) is 55.8 Å². The molecule has 0 unspecified atom stereocenters. The molecule has 0 atom stereocenters. The third-order valence-electron chi connectivity index (χ3n) is 6.33. The maximum Gasteiger partial charge on any atom is 0.264 e. The van der Waals surface area contributed by atoms with Gasteiger partial charge in [0.1, 0.15) is 0 Å². The molecular formula is C20H30N4O2S. The summed E-state index contributed by atoms with van der Waals surface area (Å²) in [6, 6.07) is 2.78. The van der Waals surface area contributed by atoms with Gasteiger partial charge in [0.25, 0.3) is 5.91 Å². The lowest BCUT2D eigenvalue weighted by molar-refractivity contribution is -0.135. The first kappa shape index (κ1) is 18.9. The summed E-state index contributed by atoms with van der Waals surface area (Å²) in [5, 5.41) is 1.97. The van der Waals surface area contributed by atoms with E-state index < -0.39 is 0 Å². The summed E-state index contributed by atoms with van der Waals surface area (Å²) in [7, 11) is 0. The number of amides is 2. The quantitative estimate of drug-likeness (QED) is 0.782. The van der Waals surface area contributed by atoms with Gasteiger partial charge in [-0.1, -0.05) is 6.42 Å². The molecule has 3 fully saturated rings. The summed E-state index contributed by atoms with van der Waals surface area (Å²) in [5.41, 5.74) is 1.06. The van der Waals surface area contributed by atoms with E-state index in [2.05, 4.69) is 9.80 Å². The van der Waals surface area contributed by atoms with E-state index in [0.29, 0.717) is 19.6 Å². The molecule has 1 saturated carbocycles. The maximum atomic E-state index is 12.7. The number of thiophene rings is 1. The minimum Gasteiger partial charge on any atom is -0.339 e. The Morgan fingerprint density at radius 1 is 1.00 bits per heavy atom. The molecule has 0 N–H and O–H groups in total. The Kier molecular flexibility index (Phi) is 5.80. The minimum absolute atomic E-state index is 0.139. The smallest absolute Gasteiger partial charge is 0.264 e. The topological polar surface area (TPSA) is 47.1 Å². The van der Waals surface area contributed by atoms with Crippen molar-refractivity contribution in [2.45, 2.75) is 32.2 Å². The van der Waals surface area contributed by atoms with Gasteiger partial charge in [0.05, 0.1) is 11.4 Å². The van der Waals surface area contributed by atoms with Crippen molar-refractivity contribution in [2.24, 2.45) is 0 Å². The Morgan fingerprint density at radius 2 is 1.67 bits per heavy atom. The highest BCUT2D eigenvalue weighted by atomic mass is 32.1. The number of rotatable bonds is 4. The lowest BCUT2D eigenvalue weighted by atomic mass is 9.91. The summed E-state index contributed by atoms with van der Waals surface area (Å²) in [6.07, 6.45) is 4.04. The summed E-state index contributed by atoms with van der Waals surface area (Å²) >= 11 is 1.52. The molecule has 7 heteroatoms. The van der Waals surface area contributed by atoms with Crippen LogP contribution in [0.2, 0.25) is 0 Å². The van der Waals surface area contributed by atoms with Crippen molar-refractivity contribution in [1.82, 2.24) is 19.6 Å². The number of nitrogens with zero attached hydrogens (tertiary/aromatic N) is 4. The van der Waals surface area contributed by atoms with Crippen molar-refractivity contribution in [3.63, 3.8) is 0 Å². The maximum absolute atomic E-state index is 12.7. The number of aryl methyl sites for hydroxylation is 1. The van der Waals surface area contributed by atoms with Crippen LogP contribution < -0.4 is 0 Å². The van der Waals surface area contributed by atoms with Gasteiger partial charge < -0.3 is 9.80 Å². The summed E-state index contributed by atoms with van der Waals surface area (Å²) in [4.78, 5) is 34.8. The van der Waals surface area contributed by atoms with Crippen LogP contribution in [0.15, 0.2) is 11.4 Å². The monoisotopic (exact) mass is 390 g/mol. The normalized spacial score (nSPS) is 22.7. The molecule has 3 aliphatic rings. The Balaban J connectivity index is 1.20. The summed E-state index contributed by atoms with van der Waals surface area (Å²) in [6.45, 7) is 9.24. The molecule has 1 aromatic heterocycles. The molecule has 0 aromatic carbocycles. The molecule has 4 rings (SSSR count). The van der Waals surface area contributed by atoms with Gasteiger partial charge in [-0.05, 0) is 36.8 Å². The second-order valence-corrected chi connectivity index (χ2v) is 8.92. The van der Waals surface area contributed by atoms with Crippen molar-refractivity contribution >= 4 is 23.2 Å². The third-order valence-corrected chi connectivity index (χ3v) is 7.34. The van der Waals surface area contributed by atoms with Gasteiger partial charge in [-0.15, -0.1) is 11.3 Å². The third kappa shape index (κ3) is 4.20. The summed E-state index contributed by atoms with van der Waals surface area (Å²) in [5.74, 6) is 0.387. The molecule has 1 aliphatic carbocycles. The van der Waals surface area contributed by atoms with Crippen molar-refractivity contribution in [1.29, 1.82) is 0 Å². The Labute approximate surface area is 165 Å². The average Bonchev–Trinajstić information content (AvgIpc) is 3.07. The molecule has 0 radical (unpaired) electrons. The van der Waals surface area contributed by atoms with Crippen molar-refractivity contribution in [3.05, 3.63) is 21.9 Å². The SMILES string of the molecule is Cc1ccsc1C(=O)N1CCN(CC(=O)N2CCN(C3CCC3)CC2)CC1. The van der Waals surface area contributed by atoms with E-state index in [9.17, 15) is 9.59 Å². The lowest BCUT2D eigenvalue weighted by Crippen LogP contribution is -2.56. The summed E-state index contributed by atoms with van der Waals surface area (Å²) < 4.78 is 0. The van der Waals surface area contributed by atoms with E-state index in [1.807, 2.05) is 28.2 Å². The van der Waals surface area contributed by atoms with Gasteiger partial charge in [0, 0.05) is 58.4 Å². The molecule has 1 aromatic rings. The van der Waals surface area contributed by atoms with Crippen LogP contribution in [0.4, 0.5) is 0 Å². The van der Waals surface area contributed by atoms with Crippen LogP contribution in [0.5, 0.6) is 0 Å². The predicted octanol–water partition coefficient (Wildman–Crippen LogP) is 1.51. The first-order valence-electron chi connectivity index (χ1n) is 10.2. The Morgan fingerprint density at radius 3 is 2.22 bits per heavy atom. The molecule has 0 bridgehead atoms. The van der Waals surface area contributed by atoms with E-state index >= 15 is 0 Å². The number of carbonyl (C=O) groups excluding carboxylic acids is 2. The zero-order valence-corrected chi connectivity index (χ0v) is 17.0. The average molecular weight is 391 g/mol. The molecular weight excluding hydrogens is 360 g/mol. The first-order chi connectivity index (χ1) is 13.1. The highest BCUT2D eigenvalue weighted by molar-refractivity contribution is 7.12. The molecule has 3 heterocycles. The fourth-order valence-corrected chi connectivity index (χ4v) is 5.12. The van der Waals surface area contributed by atoms with Gasteiger partial charge in [-0.25, -0.2) is 0 Å². The van der Waals surface area contributed by atoms with Crippen molar-refractivity contribution in [3.8, 4) is 0 Å². The van der Waals surface area contributed by atoms with Crippen LogP contribution in [0.25, 0.3) is 0 Å². The highest BCUT2D eigenvalue weighted by Crippen LogP contribution is 2.25. The molecule has 148 valence electrons. The molecule has 0 spiro atoms. The highest BCUT2D eigenvalue weighted by Gasteiger charge is 2.30. The first-order valence-corrected chi connectivity index (χ1v) is 11.1. The molecule has 2 saturated heterocycles. The fraction of sp³-hybridized carbons (Fsp3) is 0.700. The Bertz CT molecular complexity index is 671. The second kappa shape index (κ2) is 8.29. The largest absolute Gasteiger partial charge is 0.339 e. The van der Waals surface area contributed by atoms with Crippen LogP contribution in [0.1, 0.15) is 34.5 Å². The van der Waals surface area contributed by atoms with Crippen molar-refractivity contribution < 1.29 is 9.59 Å². The van der Waals surface area contributed by atoms with Crippen LogP contribution in [0.3, 0.4) is 0 Å². The molecule has 27 heavy (non-hydrogen) atoms. The van der Waals surface area contributed by atoms with E-state index in [4.69, 9.17) is 0 Å². The van der Waals surface area contributed by atoms with Crippen LogP contribution in [-0.2, 0) is 4.79 Å². The number of hydrogen-bond donors (Lipinski definition) is 0. The van der Waals surface area contributed by atoms with E-state index in [-0.39, 0.29) is 11.8 Å². The van der Waals surface area contributed by atoms with Gasteiger partial charge in [0.2, 0.25) is 5.91 Å². The predicted molar refractivity (Wildman–Crippen MR) is 107 cm³/mol. The van der Waals surface area contributed by atoms with Gasteiger partial charge in [-0.2, -0.15) is 0 Å². The zero-order valence-electron chi connectivity index (χ0n) is 16.2. The number of carbonyl (C=O) groups is 2. The molecule has 6 nitrogen and oxygen atoms in total. The number of hydrogen-bond acceptors (Lipinski definition) is 5. The van der Waals surface area contributed by atoms with Gasteiger partial charge in [-0.3, -0.25) is 19.4 Å². The minimum atomic E-state index is 0.139. The van der Waals surface area contributed by atoms with Crippen LogP contribution in [0, 0.1) is 6.92 Å². The standard InChI is InChI=1S/C20H30N4O2S/c1-16-5-14-27-19(16)20(26)24-8-6-21(7-9-24)15-18(25)23-12-10-22(11-13-23)17-3-2-4-17/h5,14,17H,2-4,6-13,15H2,1H3. The van der Waals surface area contributed by atoms with E-state index in [1.54, 1.807) is 0 Å².